The topological polar surface area (TPSA) is 59.1 Å². The molecule has 3 nitrogen and oxygen atoms in total. The van der Waals surface area contributed by atoms with Crippen LogP contribution in [0, 0.1) is 5.41 Å². The van der Waals surface area contributed by atoms with Crippen molar-refractivity contribution in [3.63, 3.8) is 0 Å². The van der Waals surface area contributed by atoms with Gasteiger partial charge in [0, 0.05) is 16.5 Å². The number of benzene rings is 2. The van der Waals surface area contributed by atoms with Crippen LogP contribution in [0.4, 0.5) is 0 Å². The van der Waals surface area contributed by atoms with E-state index in [0.717, 1.165) is 39.3 Å². The summed E-state index contributed by atoms with van der Waals surface area (Å²) in [4.78, 5) is 0.815. The summed E-state index contributed by atoms with van der Waals surface area (Å²) in [6.07, 6.45) is 5.23. The second-order valence-electron chi connectivity index (χ2n) is 5.58. The van der Waals surface area contributed by atoms with Crippen LogP contribution in [-0.2, 0) is 6.42 Å². The van der Waals surface area contributed by atoms with Gasteiger partial charge in [-0.3, -0.25) is 5.41 Å². The minimum atomic E-state index is 0. The average Bonchev–Trinajstić information content (AvgIpc) is 3.18. The zero-order chi connectivity index (χ0) is 15.8. The lowest BCUT2D eigenvalue weighted by atomic mass is 10.1. The molecule has 0 saturated carbocycles. The number of hydrogen-bond donors (Lipinski definition) is 2. The molecular weight excluding hydrogens is 340 g/mol. The number of fused-ring (bicyclic) bond motifs is 2. The minimum Gasteiger partial charge on any atom is -0.493 e. The van der Waals surface area contributed by atoms with Crippen LogP contribution in [0.15, 0.2) is 42.5 Å². The first-order chi connectivity index (χ1) is 11.2. The van der Waals surface area contributed by atoms with E-state index in [1.165, 1.54) is 11.1 Å². The van der Waals surface area contributed by atoms with Crippen LogP contribution in [0.1, 0.15) is 21.6 Å². The van der Waals surface area contributed by atoms with Crippen LogP contribution in [0.5, 0.6) is 5.75 Å². The van der Waals surface area contributed by atoms with Gasteiger partial charge in [-0.2, -0.15) is 0 Å². The maximum atomic E-state index is 7.60. The van der Waals surface area contributed by atoms with E-state index in [4.69, 9.17) is 15.9 Å². The molecule has 0 aliphatic carbocycles. The predicted molar refractivity (Wildman–Crippen MR) is 105 cm³/mol. The molecule has 0 radical (unpaired) electrons. The van der Waals surface area contributed by atoms with Gasteiger partial charge in [0.2, 0.25) is 0 Å². The van der Waals surface area contributed by atoms with Gasteiger partial charge < -0.3 is 10.5 Å². The smallest absolute Gasteiger partial charge is 0.133 e. The van der Waals surface area contributed by atoms with Crippen LogP contribution in [0.25, 0.3) is 22.2 Å². The van der Waals surface area contributed by atoms with E-state index in [1.807, 2.05) is 18.2 Å². The molecule has 0 spiro atoms. The number of hydrogen-bond acceptors (Lipinski definition) is 3. The van der Waals surface area contributed by atoms with E-state index >= 15 is 0 Å². The number of halogens is 1. The molecule has 0 atom stereocenters. The molecule has 0 amide bonds. The maximum Gasteiger partial charge on any atom is 0.133 e. The SMILES string of the molecule is Cl.N=C(N)c1cc2c(/C=C/c3ccc4c(c3)CCO4)cccc2s1. The fraction of sp³-hybridized carbons (Fsp3) is 0.105. The second-order valence-corrected chi connectivity index (χ2v) is 6.67. The first kappa shape index (κ1) is 16.6. The summed E-state index contributed by atoms with van der Waals surface area (Å²) >= 11 is 1.56. The molecule has 4 rings (SSSR count). The van der Waals surface area contributed by atoms with Crippen molar-refractivity contribution in [3.8, 4) is 5.75 Å². The molecule has 0 bridgehead atoms. The summed E-state index contributed by atoms with van der Waals surface area (Å²) in [7, 11) is 0. The summed E-state index contributed by atoms with van der Waals surface area (Å²) in [6.45, 7) is 0.782. The van der Waals surface area contributed by atoms with Crippen LogP contribution in [0.2, 0.25) is 0 Å². The van der Waals surface area contributed by atoms with Gasteiger partial charge in [-0.25, -0.2) is 0 Å². The molecule has 1 aliphatic heterocycles. The number of amidine groups is 1. The Kier molecular flexibility index (Phi) is 4.60. The quantitative estimate of drug-likeness (QED) is 0.405. The van der Waals surface area contributed by atoms with Crippen molar-refractivity contribution >= 4 is 51.8 Å². The molecule has 0 fully saturated rings. The van der Waals surface area contributed by atoms with Crippen LogP contribution in [-0.4, -0.2) is 12.4 Å². The molecule has 1 aliphatic rings. The van der Waals surface area contributed by atoms with Gasteiger partial charge >= 0.3 is 0 Å². The Balaban J connectivity index is 0.00000169. The predicted octanol–water partition coefficient (Wildman–Crippen LogP) is 4.71. The molecule has 2 aromatic carbocycles. The van der Waals surface area contributed by atoms with Gasteiger partial charge in [0.15, 0.2) is 0 Å². The first-order valence-corrected chi connectivity index (χ1v) is 8.33. The van der Waals surface area contributed by atoms with E-state index in [0.29, 0.717) is 0 Å². The third kappa shape index (κ3) is 3.03. The first-order valence-electron chi connectivity index (χ1n) is 7.51. The van der Waals surface area contributed by atoms with Gasteiger partial charge in [0.05, 0.1) is 11.5 Å². The summed E-state index contributed by atoms with van der Waals surface area (Å²) in [5, 5.41) is 8.75. The minimum absolute atomic E-state index is 0. The standard InChI is InChI=1S/C19H16N2OS.ClH/c20-19(21)18-11-15-13(2-1-3-17(15)23-18)6-4-12-5-7-16-14(10-12)8-9-22-16;/h1-7,10-11H,8-9H2,(H3,20,21);1H/b6-4+;. The second kappa shape index (κ2) is 6.67. The van der Waals surface area contributed by atoms with Crippen molar-refractivity contribution in [3.05, 3.63) is 64.0 Å². The Morgan fingerprint density at radius 3 is 2.88 bits per heavy atom. The van der Waals surface area contributed by atoms with E-state index < -0.39 is 0 Å². The highest BCUT2D eigenvalue weighted by molar-refractivity contribution is 7.20. The van der Waals surface area contributed by atoms with Crippen molar-refractivity contribution in [2.75, 3.05) is 6.61 Å². The highest BCUT2D eigenvalue weighted by atomic mass is 35.5. The molecule has 0 unspecified atom stereocenters. The summed E-state index contributed by atoms with van der Waals surface area (Å²) in [5.74, 6) is 1.13. The third-order valence-electron chi connectivity index (χ3n) is 4.03. The Bertz CT molecular complexity index is 946. The molecule has 0 saturated heterocycles. The summed E-state index contributed by atoms with van der Waals surface area (Å²) in [6, 6.07) is 14.5. The van der Waals surface area contributed by atoms with Gasteiger partial charge in [-0.1, -0.05) is 30.4 Å². The lowest BCUT2D eigenvalue weighted by Gasteiger charge is -2.00. The van der Waals surface area contributed by atoms with Crippen molar-refractivity contribution < 1.29 is 4.74 Å². The highest BCUT2D eigenvalue weighted by Crippen LogP contribution is 2.30. The van der Waals surface area contributed by atoms with Crippen molar-refractivity contribution in [1.82, 2.24) is 0 Å². The van der Waals surface area contributed by atoms with Crippen molar-refractivity contribution in [2.45, 2.75) is 6.42 Å². The molecular formula is C19H17ClN2OS. The van der Waals surface area contributed by atoms with Crippen molar-refractivity contribution in [2.24, 2.45) is 5.73 Å². The van der Waals surface area contributed by atoms with Crippen molar-refractivity contribution in [1.29, 1.82) is 5.41 Å². The molecule has 3 aromatic rings. The number of thiophene rings is 1. The van der Waals surface area contributed by atoms with E-state index in [1.54, 1.807) is 11.3 Å². The molecule has 3 N–H and O–H groups in total. The zero-order valence-corrected chi connectivity index (χ0v) is 14.5. The normalized spacial score (nSPS) is 12.8. The number of nitrogens with one attached hydrogen (secondary N) is 1. The number of rotatable bonds is 3. The Hall–Kier alpha value is -2.30. The highest BCUT2D eigenvalue weighted by Gasteiger charge is 2.11. The zero-order valence-electron chi connectivity index (χ0n) is 12.9. The number of nitrogens with two attached hydrogens (primary N) is 1. The van der Waals surface area contributed by atoms with Crippen LogP contribution < -0.4 is 10.5 Å². The Morgan fingerprint density at radius 2 is 2.04 bits per heavy atom. The van der Waals surface area contributed by atoms with Crippen LogP contribution >= 0.6 is 23.7 Å². The van der Waals surface area contributed by atoms with Gasteiger partial charge in [0.25, 0.3) is 0 Å². The molecule has 122 valence electrons. The summed E-state index contributed by atoms with van der Waals surface area (Å²) in [5.41, 5.74) is 9.20. The van der Waals surface area contributed by atoms with Gasteiger partial charge in [0.1, 0.15) is 11.6 Å². The fourth-order valence-electron chi connectivity index (χ4n) is 2.86. The fourth-order valence-corrected chi connectivity index (χ4v) is 3.81. The largest absolute Gasteiger partial charge is 0.493 e. The third-order valence-corrected chi connectivity index (χ3v) is 5.16. The Morgan fingerprint density at radius 1 is 1.17 bits per heavy atom. The Labute approximate surface area is 150 Å². The van der Waals surface area contributed by atoms with E-state index in [9.17, 15) is 0 Å². The number of ether oxygens (including phenoxy) is 1. The average molecular weight is 357 g/mol. The maximum absolute atomic E-state index is 7.60. The lowest BCUT2D eigenvalue weighted by molar-refractivity contribution is 0.357. The lowest BCUT2D eigenvalue weighted by Crippen LogP contribution is -2.08. The van der Waals surface area contributed by atoms with Gasteiger partial charge in [-0.15, -0.1) is 23.7 Å². The van der Waals surface area contributed by atoms with Gasteiger partial charge in [-0.05, 0) is 41.0 Å². The summed E-state index contributed by atoms with van der Waals surface area (Å²) < 4.78 is 6.70. The molecule has 24 heavy (non-hydrogen) atoms. The van der Waals surface area contributed by atoms with E-state index in [2.05, 4.69) is 36.4 Å². The molecule has 5 heteroatoms. The number of nitrogen functional groups attached to an aromatic ring is 1. The molecule has 1 aromatic heterocycles. The monoisotopic (exact) mass is 356 g/mol. The van der Waals surface area contributed by atoms with E-state index in [-0.39, 0.29) is 18.2 Å². The van der Waals surface area contributed by atoms with Crippen LogP contribution in [0.3, 0.4) is 0 Å². The molecule has 2 heterocycles.